The number of nitrogens with zero attached hydrogens (tertiary/aromatic N) is 2. The minimum atomic E-state index is -0.364. The fourth-order valence-electron chi connectivity index (χ4n) is 2.26. The molecular weight excluding hydrogens is 295 g/mol. The second kappa shape index (κ2) is 6.48. The van der Waals surface area contributed by atoms with E-state index in [-0.39, 0.29) is 11.6 Å². The lowest BCUT2D eigenvalue weighted by atomic mass is 10.1. The molecule has 6 heteroatoms. The van der Waals surface area contributed by atoms with E-state index in [1.165, 1.54) is 13.2 Å². The Balaban J connectivity index is 1.72. The Morgan fingerprint density at radius 2 is 2.09 bits per heavy atom. The maximum atomic E-state index is 13.7. The molecule has 0 atom stereocenters. The van der Waals surface area contributed by atoms with Gasteiger partial charge in [0.2, 0.25) is 0 Å². The molecule has 0 spiro atoms. The first-order valence-corrected chi connectivity index (χ1v) is 7.21. The van der Waals surface area contributed by atoms with Crippen molar-refractivity contribution in [3.8, 4) is 17.1 Å². The molecule has 0 amide bonds. The summed E-state index contributed by atoms with van der Waals surface area (Å²) in [5, 5.41) is 10.2. The molecule has 0 unspecified atom stereocenters. The number of halogens is 1. The minimum absolute atomic E-state index is 0.246. The summed E-state index contributed by atoms with van der Waals surface area (Å²) in [4.78, 5) is 4.31. The van der Waals surface area contributed by atoms with Gasteiger partial charge in [-0.05, 0) is 36.8 Å². The minimum Gasteiger partial charge on any atom is -0.494 e. The summed E-state index contributed by atoms with van der Waals surface area (Å²) in [6.45, 7) is 2.37. The highest BCUT2D eigenvalue weighted by molar-refractivity contribution is 5.62. The summed E-state index contributed by atoms with van der Waals surface area (Å²) in [5.41, 5.74) is 2.67. The van der Waals surface area contributed by atoms with Crippen LogP contribution in [0.4, 0.5) is 10.1 Å². The molecule has 0 aliphatic carbocycles. The molecule has 5 nitrogen and oxygen atoms in total. The molecule has 0 radical (unpaired) electrons. The Labute approximate surface area is 133 Å². The van der Waals surface area contributed by atoms with Gasteiger partial charge in [-0.1, -0.05) is 18.2 Å². The van der Waals surface area contributed by atoms with Crippen molar-refractivity contribution in [1.29, 1.82) is 0 Å². The third kappa shape index (κ3) is 3.48. The van der Waals surface area contributed by atoms with Crippen LogP contribution < -0.4 is 10.1 Å². The van der Waals surface area contributed by atoms with Crippen molar-refractivity contribution in [2.75, 3.05) is 12.4 Å². The van der Waals surface area contributed by atoms with E-state index in [1.807, 2.05) is 37.3 Å². The normalized spacial score (nSPS) is 10.6. The van der Waals surface area contributed by atoms with E-state index in [2.05, 4.69) is 20.5 Å². The van der Waals surface area contributed by atoms with E-state index in [4.69, 9.17) is 4.74 Å². The Hall–Kier alpha value is -2.89. The summed E-state index contributed by atoms with van der Waals surface area (Å²) in [6.07, 6.45) is 0. The van der Waals surface area contributed by atoms with Gasteiger partial charge >= 0.3 is 0 Å². The standard InChI is InChI=1S/C17H17FN4O/c1-11-20-17(22-21-11)13-4-3-5-14(9-13)19-10-12-6-7-16(23-2)15(18)8-12/h3-9,19H,10H2,1-2H3,(H,20,21,22). The van der Waals surface area contributed by atoms with Crippen LogP contribution in [0.3, 0.4) is 0 Å². The number of aromatic nitrogens is 3. The summed E-state index contributed by atoms with van der Waals surface area (Å²) in [7, 11) is 1.45. The number of ether oxygens (including phenoxy) is 1. The van der Waals surface area contributed by atoms with E-state index in [1.54, 1.807) is 6.07 Å². The average Bonchev–Trinajstić information content (AvgIpc) is 3.00. The molecular formula is C17H17FN4O. The van der Waals surface area contributed by atoms with Gasteiger partial charge < -0.3 is 10.1 Å². The Morgan fingerprint density at radius 1 is 1.22 bits per heavy atom. The van der Waals surface area contributed by atoms with Gasteiger partial charge in [0.05, 0.1) is 7.11 Å². The van der Waals surface area contributed by atoms with E-state index in [9.17, 15) is 4.39 Å². The molecule has 0 fully saturated rings. The monoisotopic (exact) mass is 312 g/mol. The van der Waals surface area contributed by atoms with Crippen molar-refractivity contribution < 1.29 is 9.13 Å². The lowest BCUT2D eigenvalue weighted by molar-refractivity contribution is 0.386. The van der Waals surface area contributed by atoms with Gasteiger partial charge in [0.25, 0.3) is 0 Å². The van der Waals surface area contributed by atoms with Gasteiger partial charge in [-0.15, -0.1) is 0 Å². The molecule has 2 N–H and O–H groups in total. The molecule has 118 valence electrons. The smallest absolute Gasteiger partial charge is 0.181 e. The molecule has 0 aliphatic rings. The third-order valence-electron chi connectivity index (χ3n) is 3.43. The summed E-state index contributed by atoms with van der Waals surface area (Å²) >= 11 is 0. The maximum Gasteiger partial charge on any atom is 0.181 e. The van der Waals surface area contributed by atoms with Crippen LogP contribution in [0.25, 0.3) is 11.4 Å². The molecule has 3 rings (SSSR count). The predicted octanol–water partition coefficient (Wildman–Crippen LogP) is 3.54. The van der Waals surface area contributed by atoms with Gasteiger partial charge in [-0.3, -0.25) is 5.10 Å². The second-order valence-electron chi connectivity index (χ2n) is 5.15. The fourth-order valence-corrected chi connectivity index (χ4v) is 2.26. The van der Waals surface area contributed by atoms with Crippen molar-refractivity contribution >= 4 is 5.69 Å². The number of hydrogen-bond donors (Lipinski definition) is 2. The number of aryl methyl sites for hydroxylation is 1. The van der Waals surface area contributed by atoms with Crippen LogP contribution in [0, 0.1) is 12.7 Å². The molecule has 0 bridgehead atoms. The number of nitrogens with one attached hydrogen (secondary N) is 2. The zero-order valence-electron chi connectivity index (χ0n) is 12.9. The van der Waals surface area contributed by atoms with Crippen molar-refractivity contribution in [1.82, 2.24) is 15.2 Å². The number of H-pyrrole nitrogens is 1. The highest BCUT2D eigenvalue weighted by Crippen LogP contribution is 2.21. The Morgan fingerprint density at radius 3 is 2.78 bits per heavy atom. The van der Waals surface area contributed by atoms with Crippen molar-refractivity contribution in [2.24, 2.45) is 0 Å². The molecule has 1 aromatic heterocycles. The molecule has 23 heavy (non-hydrogen) atoms. The highest BCUT2D eigenvalue weighted by atomic mass is 19.1. The van der Waals surface area contributed by atoms with Crippen LogP contribution in [0.2, 0.25) is 0 Å². The molecule has 2 aromatic carbocycles. The molecule has 0 saturated heterocycles. The van der Waals surface area contributed by atoms with Crippen molar-refractivity contribution in [3.63, 3.8) is 0 Å². The van der Waals surface area contributed by atoms with Crippen LogP contribution in [-0.2, 0) is 6.54 Å². The molecule has 3 aromatic rings. The van der Waals surface area contributed by atoms with E-state index in [0.717, 1.165) is 22.6 Å². The second-order valence-corrected chi connectivity index (χ2v) is 5.15. The Kier molecular flexibility index (Phi) is 4.23. The number of anilines is 1. The number of hydrogen-bond acceptors (Lipinski definition) is 4. The third-order valence-corrected chi connectivity index (χ3v) is 3.43. The van der Waals surface area contributed by atoms with Crippen LogP contribution in [-0.4, -0.2) is 22.3 Å². The maximum absolute atomic E-state index is 13.7. The summed E-state index contributed by atoms with van der Waals surface area (Å²) in [6, 6.07) is 12.7. The lowest BCUT2D eigenvalue weighted by Crippen LogP contribution is -2.00. The SMILES string of the molecule is COc1ccc(CNc2cccc(-c3n[nH]c(C)n3)c2)cc1F. The highest BCUT2D eigenvalue weighted by Gasteiger charge is 2.06. The summed E-state index contributed by atoms with van der Waals surface area (Å²) < 4.78 is 18.6. The fraction of sp³-hybridized carbons (Fsp3) is 0.176. The van der Waals surface area contributed by atoms with Crippen LogP contribution in [0.1, 0.15) is 11.4 Å². The largest absolute Gasteiger partial charge is 0.494 e. The van der Waals surface area contributed by atoms with Gasteiger partial charge in [0.1, 0.15) is 5.82 Å². The topological polar surface area (TPSA) is 62.8 Å². The number of rotatable bonds is 5. The first-order chi connectivity index (χ1) is 11.2. The lowest BCUT2D eigenvalue weighted by Gasteiger charge is -2.09. The molecule has 0 aliphatic heterocycles. The van der Waals surface area contributed by atoms with Crippen molar-refractivity contribution in [3.05, 3.63) is 59.7 Å². The van der Waals surface area contributed by atoms with Crippen molar-refractivity contribution in [2.45, 2.75) is 13.5 Å². The van der Waals surface area contributed by atoms with E-state index >= 15 is 0 Å². The Bertz CT molecular complexity index is 816. The number of benzene rings is 2. The predicted molar refractivity (Wildman–Crippen MR) is 86.8 cm³/mol. The quantitative estimate of drug-likeness (QED) is 0.756. The van der Waals surface area contributed by atoms with Crippen LogP contribution in [0.5, 0.6) is 5.75 Å². The first kappa shape index (κ1) is 15.0. The van der Waals surface area contributed by atoms with E-state index in [0.29, 0.717) is 12.4 Å². The number of methoxy groups -OCH3 is 1. The molecule has 0 saturated carbocycles. The zero-order chi connectivity index (χ0) is 16.2. The van der Waals surface area contributed by atoms with Gasteiger partial charge in [0.15, 0.2) is 17.4 Å². The summed E-state index contributed by atoms with van der Waals surface area (Å²) in [5.74, 6) is 1.31. The van der Waals surface area contributed by atoms with E-state index < -0.39 is 0 Å². The van der Waals surface area contributed by atoms with Gasteiger partial charge in [-0.2, -0.15) is 5.10 Å². The zero-order valence-corrected chi connectivity index (χ0v) is 12.9. The number of aromatic amines is 1. The van der Waals surface area contributed by atoms with Gasteiger partial charge in [-0.25, -0.2) is 9.37 Å². The first-order valence-electron chi connectivity index (χ1n) is 7.21. The van der Waals surface area contributed by atoms with Gasteiger partial charge in [0, 0.05) is 17.8 Å². The average molecular weight is 312 g/mol. The van der Waals surface area contributed by atoms with Crippen LogP contribution >= 0.6 is 0 Å². The molecule has 1 heterocycles. The van der Waals surface area contributed by atoms with Crippen LogP contribution in [0.15, 0.2) is 42.5 Å².